The summed E-state index contributed by atoms with van der Waals surface area (Å²) in [5.74, 6) is 0.796. The molecular weight excluding hydrogens is 297 g/mol. The molecule has 0 amide bonds. The number of hydrogen-bond acceptors (Lipinski definition) is 1. The smallest absolute Gasteiger partial charge is 0.0352 e. The van der Waals surface area contributed by atoms with E-state index in [0.29, 0.717) is 6.04 Å². The van der Waals surface area contributed by atoms with Gasteiger partial charge in [0.25, 0.3) is 0 Å². The summed E-state index contributed by atoms with van der Waals surface area (Å²) < 4.78 is 1.29. The summed E-state index contributed by atoms with van der Waals surface area (Å²) in [6, 6.07) is 9.09. The Kier molecular flexibility index (Phi) is 5.43. The van der Waals surface area contributed by atoms with E-state index in [1.54, 1.807) is 0 Å². The van der Waals surface area contributed by atoms with E-state index in [9.17, 15) is 0 Å². The van der Waals surface area contributed by atoms with Gasteiger partial charge in [-0.25, -0.2) is 0 Å². The average Bonchev–Trinajstić information content (AvgIpc) is 2.15. The third-order valence-corrected chi connectivity index (χ3v) is 3.09. The molecule has 84 valence electrons. The van der Waals surface area contributed by atoms with Gasteiger partial charge in [-0.3, -0.25) is 0 Å². The lowest BCUT2D eigenvalue weighted by Gasteiger charge is -2.16. The maximum absolute atomic E-state index is 3.53. The van der Waals surface area contributed by atoms with Gasteiger partial charge < -0.3 is 5.32 Å². The van der Waals surface area contributed by atoms with Crippen molar-refractivity contribution in [3.63, 3.8) is 0 Å². The number of halogens is 1. The minimum atomic E-state index is 0.561. The van der Waals surface area contributed by atoms with Crippen LogP contribution in [-0.2, 0) is 0 Å². The molecule has 0 spiro atoms. The second kappa shape index (κ2) is 6.36. The highest BCUT2D eigenvalue weighted by atomic mass is 127. The third kappa shape index (κ3) is 5.40. The molecule has 1 nitrogen and oxygen atoms in total. The fraction of sp³-hybridized carbons (Fsp3) is 0.538. The Balaban J connectivity index is 2.40. The van der Waals surface area contributed by atoms with Crippen LogP contribution in [0.15, 0.2) is 24.3 Å². The number of hydrogen-bond donors (Lipinski definition) is 1. The Morgan fingerprint density at radius 1 is 1.20 bits per heavy atom. The van der Waals surface area contributed by atoms with Gasteiger partial charge in [-0.05, 0) is 66.5 Å². The lowest BCUT2D eigenvalue weighted by molar-refractivity contribution is 0.528. The van der Waals surface area contributed by atoms with Gasteiger partial charge >= 0.3 is 0 Å². The first kappa shape index (κ1) is 12.8. The largest absolute Gasteiger partial charge is 0.383 e. The standard InChI is InChI=1S/C13H20IN/c1-10(2)7-8-11(3)15-13-6-4-5-12(14)9-13/h4-6,9-11,15H,7-8H2,1-3H3. The maximum Gasteiger partial charge on any atom is 0.0352 e. The summed E-state index contributed by atoms with van der Waals surface area (Å²) >= 11 is 2.34. The van der Waals surface area contributed by atoms with Gasteiger partial charge in [0.2, 0.25) is 0 Å². The van der Waals surface area contributed by atoms with Crippen LogP contribution in [0.3, 0.4) is 0 Å². The van der Waals surface area contributed by atoms with Crippen molar-refractivity contribution in [3.8, 4) is 0 Å². The first-order valence-corrected chi connectivity index (χ1v) is 6.68. The van der Waals surface area contributed by atoms with E-state index in [4.69, 9.17) is 0 Å². The van der Waals surface area contributed by atoms with Gasteiger partial charge in [0.15, 0.2) is 0 Å². The van der Waals surface area contributed by atoms with Crippen LogP contribution in [0.4, 0.5) is 5.69 Å². The Bertz CT molecular complexity index is 296. The quantitative estimate of drug-likeness (QED) is 0.787. The molecule has 0 aliphatic heterocycles. The monoisotopic (exact) mass is 317 g/mol. The second-order valence-electron chi connectivity index (χ2n) is 4.53. The molecule has 0 heterocycles. The van der Waals surface area contributed by atoms with E-state index in [-0.39, 0.29) is 0 Å². The topological polar surface area (TPSA) is 12.0 Å². The van der Waals surface area contributed by atoms with Gasteiger partial charge in [0.05, 0.1) is 0 Å². The molecule has 1 N–H and O–H groups in total. The second-order valence-corrected chi connectivity index (χ2v) is 5.77. The van der Waals surface area contributed by atoms with Gasteiger partial charge in [-0.1, -0.05) is 19.9 Å². The van der Waals surface area contributed by atoms with E-state index in [2.05, 4.69) is 72.9 Å². The maximum atomic E-state index is 3.53. The fourth-order valence-corrected chi connectivity index (χ4v) is 2.06. The summed E-state index contributed by atoms with van der Waals surface area (Å²) in [6.45, 7) is 6.80. The third-order valence-electron chi connectivity index (χ3n) is 2.41. The van der Waals surface area contributed by atoms with Gasteiger partial charge in [-0.15, -0.1) is 0 Å². The zero-order valence-corrected chi connectivity index (χ0v) is 11.9. The van der Waals surface area contributed by atoms with Crippen LogP contribution in [0.1, 0.15) is 33.6 Å². The number of rotatable bonds is 5. The minimum absolute atomic E-state index is 0.561. The van der Waals surface area contributed by atoms with Crippen LogP contribution in [-0.4, -0.2) is 6.04 Å². The molecule has 1 aromatic carbocycles. The molecule has 0 saturated heterocycles. The predicted octanol–water partition coefficient (Wildman–Crippen LogP) is 4.53. The molecule has 1 rings (SSSR count). The molecule has 0 saturated carbocycles. The molecule has 0 aromatic heterocycles. The van der Waals surface area contributed by atoms with Crippen molar-refractivity contribution in [2.45, 2.75) is 39.7 Å². The van der Waals surface area contributed by atoms with Gasteiger partial charge in [0.1, 0.15) is 0 Å². The molecule has 0 aliphatic carbocycles. The molecule has 0 fully saturated rings. The fourth-order valence-electron chi connectivity index (χ4n) is 1.52. The molecule has 0 radical (unpaired) electrons. The highest BCUT2D eigenvalue weighted by Crippen LogP contribution is 2.15. The van der Waals surface area contributed by atoms with Crippen LogP contribution < -0.4 is 5.32 Å². The molecule has 0 aliphatic rings. The lowest BCUT2D eigenvalue weighted by Crippen LogP contribution is -2.15. The Morgan fingerprint density at radius 2 is 1.93 bits per heavy atom. The Morgan fingerprint density at radius 3 is 2.53 bits per heavy atom. The van der Waals surface area contributed by atoms with Crippen molar-refractivity contribution in [2.24, 2.45) is 5.92 Å². The molecular formula is C13H20IN. The molecule has 15 heavy (non-hydrogen) atoms. The lowest BCUT2D eigenvalue weighted by atomic mass is 10.0. The van der Waals surface area contributed by atoms with Crippen molar-refractivity contribution in [3.05, 3.63) is 27.8 Å². The predicted molar refractivity (Wildman–Crippen MR) is 76.3 cm³/mol. The first-order valence-electron chi connectivity index (χ1n) is 5.60. The van der Waals surface area contributed by atoms with Crippen LogP contribution in [0, 0.1) is 9.49 Å². The summed E-state index contributed by atoms with van der Waals surface area (Å²) in [5, 5.41) is 3.53. The zero-order chi connectivity index (χ0) is 11.3. The van der Waals surface area contributed by atoms with Gasteiger partial charge in [-0.2, -0.15) is 0 Å². The van der Waals surface area contributed by atoms with Crippen molar-refractivity contribution in [1.82, 2.24) is 0 Å². The van der Waals surface area contributed by atoms with E-state index in [1.165, 1.54) is 22.1 Å². The van der Waals surface area contributed by atoms with Crippen molar-refractivity contribution < 1.29 is 0 Å². The van der Waals surface area contributed by atoms with Crippen molar-refractivity contribution in [1.29, 1.82) is 0 Å². The molecule has 1 unspecified atom stereocenters. The van der Waals surface area contributed by atoms with Crippen LogP contribution in [0.2, 0.25) is 0 Å². The summed E-state index contributed by atoms with van der Waals surface area (Å²) in [4.78, 5) is 0. The van der Waals surface area contributed by atoms with Crippen LogP contribution >= 0.6 is 22.6 Å². The van der Waals surface area contributed by atoms with Gasteiger partial charge in [0, 0.05) is 15.3 Å². The molecule has 0 bridgehead atoms. The van der Waals surface area contributed by atoms with Crippen molar-refractivity contribution in [2.75, 3.05) is 5.32 Å². The first-order chi connectivity index (χ1) is 7.08. The summed E-state index contributed by atoms with van der Waals surface area (Å²) in [7, 11) is 0. The minimum Gasteiger partial charge on any atom is -0.383 e. The number of nitrogens with one attached hydrogen (secondary N) is 1. The highest BCUT2D eigenvalue weighted by molar-refractivity contribution is 14.1. The van der Waals surface area contributed by atoms with E-state index in [1.807, 2.05) is 0 Å². The SMILES string of the molecule is CC(C)CCC(C)Nc1cccc(I)c1. The van der Waals surface area contributed by atoms with Crippen LogP contribution in [0.25, 0.3) is 0 Å². The Labute approximate surface area is 107 Å². The Hall–Kier alpha value is -0.250. The van der Waals surface area contributed by atoms with E-state index < -0.39 is 0 Å². The normalized spacial score (nSPS) is 12.9. The van der Waals surface area contributed by atoms with Crippen molar-refractivity contribution >= 4 is 28.3 Å². The number of anilines is 1. The van der Waals surface area contributed by atoms with E-state index in [0.717, 1.165) is 5.92 Å². The molecule has 1 aromatic rings. The number of benzene rings is 1. The summed E-state index contributed by atoms with van der Waals surface area (Å²) in [5.41, 5.74) is 1.23. The van der Waals surface area contributed by atoms with Crippen LogP contribution in [0.5, 0.6) is 0 Å². The molecule has 2 heteroatoms. The average molecular weight is 317 g/mol. The highest BCUT2D eigenvalue weighted by Gasteiger charge is 2.03. The summed E-state index contributed by atoms with van der Waals surface area (Å²) in [6.07, 6.45) is 2.53. The van der Waals surface area contributed by atoms with E-state index >= 15 is 0 Å². The zero-order valence-electron chi connectivity index (χ0n) is 9.76. The molecule has 1 atom stereocenters.